The van der Waals surface area contributed by atoms with Gasteiger partial charge in [-0.25, -0.2) is 0 Å². The highest BCUT2D eigenvalue weighted by Gasteiger charge is 2.47. The Kier molecular flexibility index (Phi) is 6.98. The third kappa shape index (κ3) is 4.81. The largest absolute Gasteiger partial charge is 0.507 e. The molecule has 0 saturated carbocycles. The number of nitrogens with zero attached hydrogens (tertiary/aromatic N) is 2. The molecule has 1 atom stereocenters. The van der Waals surface area contributed by atoms with Crippen LogP contribution in [0.15, 0.2) is 48.0 Å². The number of hydrogen-bond donors (Lipinski definition) is 1. The van der Waals surface area contributed by atoms with Gasteiger partial charge in [-0.1, -0.05) is 51.1 Å². The van der Waals surface area contributed by atoms with Gasteiger partial charge in [-0.15, -0.1) is 0 Å². The summed E-state index contributed by atoms with van der Waals surface area (Å²) in [6.07, 6.45) is 0. The van der Waals surface area contributed by atoms with Gasteiger partial charge in [0, 0.05) is 24.2 Å². The summed E-state index contributed by atoms with van der Waals surface area (Å²) >= 11 is 0. The number of amides is 1. The highest BCUT2D eigenvalue weighted by molar-refractivity contribution is 6.46. The lowest BCUT2D eigenvalue weighted by molar-refractivity contribution is -0.140. The Hall–Kier alpha value is -3.12. The molecular formula is C27H34N2O4. The Bertz CT molecular complexity index is 1100. The van der Waals surface area contributed by atoms with Crippen LogP contribution in [-0.2, 0) is 15.0 Å². The molecule has 6 heteroatoms. The second kappa shape index (κ2) is 9.40. The Balaban J connectivity index is 2.26. The van der Waals surface area contributed by atoms with E-state index in [0.717, 1.165) is 11.1 Å². The molecule has 1 amide bonds. The molecule has 2 aromatic rings. The van der Waals surface area contributed by atoms with E-state index in [1.54, 1.807) is 13.2 Å². The molecule has 0 aromatic heterocycles. The number of aliphatic hydroxyl groups is 1. The molecule has 6 nitrogen and oxygen atoms in total. The average Bonchev–Trinajstić information content (AvgIpc) is 3.01. The number of Topliss-reactive ketones (excluding diaryl/α,β-unsaturated/α-hetero) is 1. The Morgan fingerprint density at radius 3 is 2.39 bits per heavy atom. The molecule has 1 aliphatic rings. The Morgan fingerprint density at radius 2 is 1.79 bits per heavy atom. The molecule has 3 rings (SSSR count). The number of rotatable bonds is 6. The fraction of sp³-hybridized carbons (Fsp3) is 0.407. The number of likely N-dealkylation sites (tertiary alicyclic amines) is 1. The zero-order valence-corrected chi connectivity index (χ0v) is 20.6. The number of aliphatic hydroxyl groups excluding tert-OH is 1. The van der Waals surface area contributed by atoms with Gasteiger partial charge in [0.2, 0.25) is 0 Å². The molecular weight excluding hydrogens is 416 g/mol. The summed E-state index contributed by atoms with van der Waals surface area (Å²) in [6.45, 7) is 9.10. The summed E-state index contributed by atoms with van der Waals surface area (Å²) in [7, 11) is 5.38. The first-order valence-electron chi connectivity index (χ1n) is 11.1. The van der Waals surface area contributed by atoms with Crippen molar-refractivity contribution in [3.63, 3.8) is 0 Å². The van der Waals surface area contributed by atoms with Crippen LogP contribution in [0, 0.1) is 6.92 Å². The van der Waals surface area contributed by atoms with E-state index in [2.05, 4.69) is 20.8 Å². The van der Waals surface area contributed by atoms with Gasteiger partial charge in [0.1, 0.15) is 11.5 Å². The first kappa shape index (κ1) is 24.5. The van der Waals surface area contributed by atoms with Crippen molar-refractivity contribution in [1.82, 2.24) is 9.80 Å². The highest BCUT2D eigenvalue weighted by atomic mass is 16.5. The lowest BCUT2D eigenvalue weighted by Crippen LogP contribution is -2.35. The number of carbonyl (C=O) groups is 2. The van der Waals surface area contributed by atoms with Gasteiger partial charge in [-0.3, -0.25) is 9.59 Å². The van der Waals surface area contributed by atoms with E-state index < -0.39 is 17.7 Å². The predicted octanol–water partition coefficient (Wildman–Crippen LogP) is 4.28. The van der Waals surface area contributed by atoms with Crippen LogP contribution in [0.3, 0.4) is 0 Å². The Morgan fingerprint density at radius 1 is 1.12 bits per heavy atom. The van der Waals surface area contributed by atoms with Crippen LogP contribution in [0.25, 0.3) is 5.76 Å². The van der Waals surface area contributed by atoms with E-state index in [4.69, 9.17) is 4.74 Å². The van der Waals surface area contributed by atoms with Crippen molar-refractivity contribution in [2.75, 3.05) is 34.3 Å². The van der Waals surface area contributed by atoms with Gasteiger partial charge in [-0.2, -0.15) is 0 Å². The zero-order valence-electron chi connectivity index (χ0n) is 20.6. The van der Waals surface area contributed by atoms with Gasteiger partial charge < -0.3 is 19.6 Å². The van der Waals surface area contributed by atoms with Crippen molar-refractivity contribution in [3.05, 3.63) is 70.3 Å². The second-order valence-corrected chi connectivity index (χ2v) is 9.82. The van der Waals surface area contributed by atoms with Crippen LogP contribution in [0.2, 0.25) is 0 Å². The Labute approximate surface area is 196 Å². The van der Waals surface area contributed by atoms with Crippen LogP contribution in [-0.4, -0.2) is 60.9 Å². The van der Waals surface area contributed by atoms with E-state index in [1.165, 1.54) is 4.90 Å². The van der Waals surface area contributed by atoms with E-state index in [-0.39, 0.29) is 16.7 Å². The summed E-state index contributed by atoms with van der Waals surface area (Å²) in [4.78, 5) is 29.9. The molecule has 0 spiro atoms. The van der Waals surface area contributed by atoms with Crippen molar-refractivity contribution in [1.29, 1.82) is 0 Å². The molecule has 0 aliphatic carbocycles. The third-order valence-electron chi connectivity index (χ3n) is 6.12. The molecule has 0 bridgehead atoms. The van der Waals surface area contributed by atoms with Gasteiger partial charge in [0.25, 0.3) is 11.7 Å². The number of aryl methyl sites for hydroxylation is 1. The lowest BCUT2D eigenvalue weighted by atomic mass is 9.84. The fourth-order valence-corrected chi connectivity index (χ4v) is 4.12. The van der Waals surface area contributed by atoms with Gasteiger partial charge in [-0.05, 0) is 49.7 Å². The monoisotopic (exact) mass is 450 g/mol. The average molecular weight is 451 g/mol. The molecule has 1 heterocycles. The zero-order chi connectivity index (χ0) is 24.5. The molecule has 33 heavy (non-hydrogen) atoms. The van der Waals surface area contributed by atoms with Gasteiger partial charge in [0.05, 0.1) is 18.7 Å². The first-order valence-corrected chi connectivity index (χ1v) is 11.1. The van der Waals surface area contributed by atoms with Gasteiger partial charge >= 0.3 is 0 Å². The number of methoxy groups -OCH3 is 1. The van der Waals surface area contributed by atoms with Gasteiger partial charge in [0.15, 0.2) is 0 Å². The highest BCUT2D eigenvalue weighted by Crippen LogP contribution is 2.43. The number of ketones is 1. The van der Waals surface area contributed by atoms with E-state index in [0.29, 0.717) is 30.0 Å². The van der Waals surface area contributed by atoms with E-state index in [9.17, 15) is 14.7 Å². The van der Waals surface area contributed by atoms with Crippen molar-refractivity contribution in [2.24, 2.45) is 0 Å². The number of ether oxygens (including phenoxy) is 1. The normalized spacial score (nSPS) is 18.3. The number of likely N-dealkylation sites (N-methyl/N-ethyl adjacent to an activating group) is 1. The molecule has 0 radical (unpaired) electrons. The number of carbonyl (C=O) groups excluding carboxylic acids is 2. The molecule has 1 saturated heterocycles. The van der Waals surface area contributed by atoms with Crippen LogP contribution in [0.1, 0.15) is 49.1 Å². The predicted molar refractivity (Wildman–Crippen MR) is 130 cm³/mol. The maximum absolute atomic E-state index is 13.3. The molecule has 1 unspecified atom stereocenters. The van der Waals surface area contributed by atoms with Crippen LogP contribution in [0.5, 0.6) is 5.75 Å². The number of hydrogen-bond acceptors (Lipinski definition) is 5. The van der Waals surface area contributed by atoms with E-state index >= 15 is 0 Å². The summed E-state index contributed by atoms with van der Waals surface area (Å²) in [5, 5.41) is 11.5. The second-order valence-electron chi connectivity index (χ2n) is 9.82. The summed E-state index contributed by atoms with van der Waals surface area (Å²) in [5.74, 6) is -0.882. The van der Waals surface area contributed by atoms with Crippen LogP contribution >= 0.6 is 0 Å². The molecule has 176 valence electrons. The first-order chi connectivity index (χ1) is 15.5. The van der Waals surface area contributed by atoms with Crippen LogP contribution < -0.4 is 4.74 Å². The summed E-state index contributed by atoms with van der Waals surface area (Å²) in [6, 6.07) is 12.5. The molecule has 1 aliphatic heterocycles. The molecule has 1 fully saturated rings. The minimum atomic E-state index is -0.737. The van der Waals surface area contributed by atoms with Crippen molar-refractivity contribution in [2.45, 2.75) is 39.2 Å². The molecule has 2 aromatic carbocycles. The lowest BCUT2D eigenvalue weighted by Gasteiger charge is -2.28. The standard InChI is InChI=1S/C27H34N2O4/c1-17-12-13-18(27(2,3)4)16-20(17)24(30)22-23(19-10-8-9-11-21(19)33-7)29(15-14-28(5)6)26(32)25(22)31/h8-13,16,23,30H,14-15H2,1-7H3/b24-22+. The third-order valence-corrected chi connectivity index (χ3v) is 6.12. The maximum atomic E-state index is 13.3. The minimum absolute atomic E-state index is 0.0948. The van der Waals surface area contributed by atoms with Crippen molar-refractivity contribution in [3.8, 4) is 5.75 Å². The fourth-order valence-electron chi connectivity index (χ4n) is 4.12. The topological polar surface area (TPSA) is 70.1 Å². The minimum Gasteiger partial charge on any atom is -0.507 e. The maximum Gasteiger partial charge on any atom is 0.295 e. The smallest absolute Gasteiger partial charge is 0.295 e. The summed E-state index contributed by atoms with van der Waals surface area (Å²) < 4.78 is 5.56. The van der Waals surface area contributed by atoms with Crippen molar-refractivity contribution < 1.29 is 19.4 Å². The van der Waals surface area contributed by atoms with Crippen LogP contribution in [0.4, 0.5) is 0 Å². The quantitative estimate of drug-likeness (QED) is 0.404. The molecule has 1 N–H and O–H groups in total. The SMILES string of the molecule is COc1ccccc1C1/C(=C(\O)c2cc(C(C)(C)C)ccc2C)C(=O)C(=O)N1CCN(C)C. The van der Waals surface area contributed by atoms with E-state index in [1.807, 2.05) is 62.3 Å². The number of para-hydroxylation sites is 1. The number of benzene rings is 2. The van der Waals surface area contributed by atoms with Crippen molar-refractivity contribution >= 4 is 17.4 Å². The summed E-state index contributed by atoms with van der Waals surface area (Å²) in [5.41, 5.74) is 3.06.